The molecule has 0 aliphatic carbocycles. The lowest BCUT2D eigenvalue weighted by atomic mass is 9.96. The largest absolute Gasteiger partial charge is 0.465 e. The number of carbonyl (C=O) groups excluding carboxylic acids is 3. The third-order valence-corrected chi connectivity index (χ3v) is 6.65. The minimum atomic E-state index is -1.19. The van der Waals surface area contributed by atoms with Gasteiger partial charge in [-0.15, -0.1) is 0 Å². The SMILES string of the molecule is C[C@H](NC(=O)[C@H]1C[C@H](c2ccccc2)CN1C(=O)O)C(=O)NCc1ccc(C(=N)NC(=O)OC(C)(C)C)cc1Cl. The molecular formula is C28H34ClN5O6. The van der Waals surface area contributed by atoms with Crippen LogP contribution in [0.4, 0.5) is 9.59 Å². The molecule has 1 saturated heterocycles. The van der Waals surface area contributed by atoms with E-state index in [1.807, 2.05) is 30.3 Å². The Labute approximate surface area is 237 Å². The highest BCUT2D eigenvalue weighted by Gasteiger charge is 2.40. The molecule has 40 heavy (non-hydrogen) atoms. The van der Waals surface area contributed by atoms with E-state index in [9.17, 15) is 24.3 Å². The van der Waals surface area contributed by atoms with Crippen LogP contribution in [-0.2, 0) is 20.9 Å². The van der Waals surface area contributed by atoms with Gasteiger partial charge < -0.3 is 20.5 Å². The van der Waals surface area contributed by atoms with Gasteiger partial charge in [0.05, 0.1) is 0 Å². The highest BCUT2D eigenvalue weighted by Crippen LogP contribution is 2.32. The zero-order valence-corrected chi connectivity index (χ0v) is 23.5. The van der Waals surface area contributed by atoms with Crippen molar-refractivity contribution in [2.24, 2.45) is 0 Å². The van der Waals surface area contributed by atoms with Gasteiger partial charge in [-0.1, -0.05) is 54.1 Å². The van der Waals surface area contributed by atoms with E-state index in [0.717, 1.165) is 10.5 Å². The summed E-state index contributed by atoms with van der Waals surface area (Å²) in [6.07, 6.45) is -1.64. The van der Waals surface area contributed by atoms with Gasteiger partial charge in [0.2, 0.25) is 11.8 Å². The zero-order valence-electron chi connectivity index (χ0n) is 22.8. The molecule has 0 spiro atoms. The van der Waals surface area contributed by atoms with Gasteiger partial charge in [-0.3, -0.25) is 25.2 Å². The van der Waals surface area contributed by atoms with Crippen LogP contribution in [-0.4, -0.2) is 64.1 Å². The monoisotopic (exact) mass is 571 g/mol. The first-order valence-electron chi connectivity index (χ1n) is 12.7. The van der Waals surface area contributed by atoms with Crippen LogP contribution in [0.25, 0.3) is 0 Å². The number of hydrogen-bond donors (Lipinski definition) is 5. The van der Waals surface area contributed by atoms with Crippen molar-refractivity contribution in [3.8, 4) is 0 Å². The summed E-state index contributed by atoms with van der Waals surface area (Å²) in [5, 5.41) is 25.6. The summed E-state index contributed by atoms with van der Waals surface area (Å²) in [6.45, 7) is 6.88. The van der Waals surface area contributed by atoms with E-state index in [1.165, 1.54) is 13.0 Å². The molecule has 1 heterocycles. The number of carboxylic acid groups (broad SMARTS) is 1. The molecule has 0 aromatic heterocycles. The van der Waals surface area contributed by atoms with Crippen molar-refractivity contribution in [2.75, 3.05) is 6.54 Å². The molecule has 5 N–H and O–H groups in total. The minimum absolute atomic E-state index is 0.0474. The number of nitrogens with one attached hydrogen (secondary N) is 4. The lowest BCUT2D eigenvalue weighted by molar-refractivity contribution is -0.130. The second-order valence-electron chi connectivity index (χ2n) is 10.6. The molecule has 0 bridgehead atoms. The van der Waals surface area contributed by atoms with Crippen LogP contribution in [0.1, 0.15) is 56.7 Å². The summed E-state index contributed by atoms with van der Waals surface area (Å²) in [6, 6.07) is 12.2. The number of alkyl carbamates (subject to hydrolysis) is 1. The van der Waals surface area contributed by atoms with Crippen molar-refractivity contribution >= 4 is 41.4 Å². The first-order chi connectivity index (χ1) is 18.7. The Morgan fingerprint density at radius 3 is 2.42 bits per heavy atom. The molecule has 0 radical (unpaired) electrons. The highest BCUT2D eigenvalue weighted by atomic mass is 35.5. The molecule has 1 aliphatic rings. The quantitative estimate of drug-likeness (QED) is 0.250. The van der Waals surface area contributed by atoms with E-state index in [4.69, 9.17) is 21.7 Å². The standard InChI is InChI=1S/C28H34ClN5O6/c1-16(32-25(36)22-13-20(15-34(22)27(38)39)17-8-6-5-7-9-17)24(35)31-14-19-11-10-18(12-21(19)29)23(30)33-26(37)40-28(2,3)4/h5-12,16,20,22H,13-15H2,1-4H3,(H,31,35)(H,32,36)(H,38,39)(H2,30,33,37)/t16-,20-,22+/m0/s1. The number of amides is 4. The number of likely N-dealkylation sites (tertiary alicyclic amines) is 1. The third kappa shape index (κ3) is 8.19. The molecule has 1 aliphatic heterocycles. The first kappa shape index (κ1) is 30.4. The van der Waals surface area contributed by atoms with Crippen molar-refractivity contribution in [3.63, 3.8) is 0 Å². The number of amidine groups is 1. The maximum absolute atomic E-state index is 13.0. The van der Waals surface area contributed by atoms with Gasteiger partial charge in [-0.05, 0) is 51.3 Å². The second kappa shape index (κ2) is 12.8. The number of rotatable bonds is 7. The molecular weight excluding hydrogens is 538 g/mol. The van der Waals surface area contributed by atoms with E-state index < -0.39 is 41.7 Å². The number of halogens is 1. The van der Waals surface area contributed by atoms with Gasteiger partial charge in [-0.2, -0.15) is 0 Å². The lowest BCUT2D eigenvalue weighted by Gasteiger charge is -2.22. The molecule has 11 nitrogen and oxygen atoms in total. The topological polar surface area (TPSA) is 161 Å². The summed E-state index contributed by atoms with van der Waals surface area (Å²) in [4.78, 5) is 50.5. The van der Waals surface area contributed by atoms with Gasteiger partial charge >= 0.3 is 12.2 Å². The number of nitrogens with zero attached hydrogens (tertiary/aromatic N) is 1. The van der Waals surface area contributed by atoms with Crippen molar-refractivity contribution in [1.29, 1.82) is 5.41 Å². The Kier molecular flexibility index (Phi) is 9.75. The predicted molar refractivity (Wildman–Crippen MR) is 149 cm³/mol. The molecule has 214 valence electrons. The molecule has 4 amide bonds. The first-order valence-corrected chi connectivity index (χ1v) is 13.1. The van der Waals surface area contributed by atoms with Crippen molar-refractivity contribution in [2.45, 2.75) is 64.3 Å². The normalized spacial score (nSPS) is 17.5. The Morgan fingerprint density at radius 1 is 1.15 bits per heavy atom. The molecule has 12 heteroatoms. The van der Waals surface area contributed by atoms with Crippen LogP contribution < -0.4 is 16.0 Å². The van der Waals surface area contributed by atoms with Crippen LogP contribution in [0, 0.1) is 5.41 Å². The maximum Gasteiger partial charge on any atom is 0.413 e. The number of ether oxygens (including phenoxy) is 1. The average molecular weight is 572 g/mol. The molecule has 0 saturated carbocycles. The van der Waals surface area contributed by atoms with Crippen LogP contribution >= 0.6 is 11.6 Å². The summed E-state index contributed by atoms with van der Waals surface area (Å²) in [5.74, 6) is -1.34. The van der Waals surface area contributed by atoms with E-state index in [-0.39, 0.29) is 29.9 Å². The Bertz CT molecular complexity index is 1280. The molecule has 1 fully saturated rings. The van der Waals surface area contributed by atoms with Crippen LogP contribution in [0.2, 0.25) is 5.02 Å². The van der Waals surface area contributed by atoms with Gasteiger partial charge in [0.15, 0.2) is 0 Å². The fraction of sp³-hybridized carbons (Fsp3) is 0.393. The number of benzene rings is 2. The number of carbonyl (C=O) groups is 4. The van der Waals surface area contributed by atoms with Gasteiger partial charge in [0.1, 0.15) is 23.5 Å². The summed E-state index contributed by atoms with van der Waals surface area (Å²) in [7, 11) is 0. The molecule has 2 aromatic rings. The highest BCUT2D eigenvalue weighted by molar-refractivity contribution is 6.31. The number of hydrogen-bond acceptors (Lipinski definition) is 6. The summed E-state index contributed by atoms with van der Waals surface area (Å²) < 4.78 is 5.14. The van der Waals surface area contributed by atoms with Gasteiger partial charge in [0.25, 0.3) is 0 Å². The second-order valence-corrected chi connectivity index (χ2v) is 11.0. The van der Waals surface area contributed by atoms with Gasteiger partial charge in [0, 0.05) is 29.6 Å². The Hall–Kier alpha value is -4.12. The smallest absolute Gasteiger partial charge is 0.413 e. The molecule has 3 atom stereocenters. The van der Waals surface area contributed by atoms with E-state index in [1.54, 1.807) is 32.9 Å². The van der Waals surface area contributed by atoms with E-state index in [2.05, 4.69) is 16.0 Å². The van der Waals surface area contributed by atoms with Crippen LogP contribution in [0.15, 0.2) is 48.5 Å². The Balaban J connectivity index is 1.54. The van der Waals surface area contributed by atoms with Crippen molar-refractivity contribution in [1.82, 2.24) is 20.9 Å². The van der Waals surface area contributed by atoms with Crippen LogP contribution in [0.3, 0.4) is 0 Å². The van der Waals surface area contributed by atoms with E-state index >= 15 is 0 Å². The lowest BCUT2D eigenvalue weighted by Crippen LogP contribution is -2.51. The molecule has 0 unspecified atom stereocenters. The fourth-order valence-electron chi connectivity index (χ4n) is 4.30. The average Bonchev–Trinajstić information content (AvgIpc) is 3.33. The zero-order chi connectivity index (χ0) is 29.6. The summed E-state index contributed by atoms with van der Waals surface area (Å²) >= 11 is 6.34. The van der Waals surface area contributed by atoms with Crippen molar-refractivity contribution in [3.05, 3.63) is 70.2 Å². The van der Waals surface area contributed by atoms with E-state index in [0.29, 0.717) is 17.5 Å². The molecule has 2 aromatic carbocycles. The predicted octanol–water partition coefficient (Wildman–Crippen LogP) is 3.85. The maximum atomic E-state index is 13.0. The minimum Gasteiger partial charge on any atom is -0.465 e. The Morgan fingerprint density at radius 2 is 1.82 bits per heavy atom. The third-order valence-electron chi connectivity index (χ3n) is 6.29. The summed E-state index contributed by atoms with van der Waals surface area (Å²) in [5.41, 5.74) is 1.15. The van der Waals surface area contributed by atoms with Crippen LogP contribution in [0.5, 0.6) is 0 Å². The van der Waals surface area contributed by atoms with Gasteiger partial charge in [-0.25, -0.2) is 9.59 Å². The molecule has 3 rings (SSSR count). The van der Waals surface area contributed by atoms with Crippen molar-refractivity contribution < 1.29 is 29.0 Å². The fourth-order valence-corrected chi connectivity index (χ4v) is 4.54.